The second-order valence-corrected chi connectivity index (χ2v) is 5.23. The smallest absolute Gasteiger partial charge is 0.122 e. The van der Waals surface area contributed by atoms with Crippen molar-refractivity contribution in [1.82, 2.24) is 19.4 Å². The fourth-order valence-corrected chi connectivity index (χ4v) is 3.17. The third kappa shape index (κ3) is 1.66. The number of nitrogens with zero attached hydrogens (tertiary/aromatic N) is 4. The average molecular weight is 220 g/mol. The number of imidazole rings is 1. The van der Waals surface area contributed by atoms with E-state index in [0.29, 0.717) is 0 Å². The van der Waals surface area contributed by atoms with E-state index in [1.165, 1.54) is 31.8 Å². The molecule has 3 heterocycles. The van der Waals surface area contributed by atoms with E-state index >= 15 is 0 Å². The number of likely N-dealkylation sites (N-methyl/N-ethyl adjacent to an activating group) is 1. The van der Waals surface area contributed by atoms with Crippen molar-refractivity contribution in [3.8, 4) is 0 Å². The van der Waals surface area contributed by atoms with Crippen molar-refractivity contribution in [2.24, 2.45) is 7.05 Å². The van der Waals surface area contributed by atoms with E-state index in [0.717, 1.165) is 18.6 Å². The third-order valence-corrected chi connectivity index (χ3v) is 4.06. The Morgan fingerprint density at radius 1 is 1.25 bits per heavy atom. The van der Waals surface area contributed by atoms with Gasteiger partial charge in [0.2, 0.25) is 0 Å². The maximum Gasteiger partial charge on any atom is 0.122 e. The maximum atomic E-state index is 4.43. The lowest BCUT2D eigenvalue weighted by atomic mass is 10.2. The third-order valence-electron chi connectivity index (χ3n) is 4.06. The topological polar surface area (TPSA) is 24.3 Å². The fourth-order valence-electron chi connectivity index (χ4n) is 3.17. The van der Waals surface area contributed by atoms with Crippen LogP contribution in [0.25, 0.3) is 0 Å². The van der Waals surface area contributed by atoms with E-state index < -0.39 is 0 Å². The van der Waals surface area contributed by atoms with Gasteiger partial charge in [-0.15, -0.1) is 0 Å². The van der Waals surface area contributed by atoms with Gasteiger partial charge in [-0.1, -0.05) is 0 Å². The SMILES string of the molecule is CN1CC2CCC(C1)N2Cc1nccn1C. The van der Waals surface area contributed by atoms with Gasteiger partial charge in [-0.25, -0.2) is 4.98 Å². The molecule has 2 fully saturated rings. The summed E-state index contributed by atoms with van der Waals surface area (Å²) in [5.74, 6) is 1.20. The van der Waals surface area contributed by atoms with Crippen LogP contribution in [0, 0.1) is 0 Å². The maximum absolute atomic E-state index is 4.43. The number of hydrogen-bond donors (Lipinski definition) is 0. The van der Waals surface area contributed by atoms with Crippen LogP contribution in [0.5, 0.6) is 0 Å². The van der Waals surface area contributed by atoms with Crippen LogP contribution in [0.1, 0.15) is 18.7 Å². The van der Waals surface area contributed by atoms with Crippen LogP contribution in [0.4, 0.5) is 0 Å². The summed E-state index contributed by atoms with van der Waals surface area (Å²) in [6.45, 7) is 3.47. The first-order valence-corrected chi connectivity index (χ1v) is 6.14. The Bertz CT molecular complexity index is 359. The Labute approximate surface area is 96.9 Å². The van der Waals surface area contributed by atoms with Crippen LogP contribution >= 0.6 is 0 Å². The zero-order valence-corrected chi connectivity index (χ0v) is 10.1. The lowest BCUT2D eigenvalue weighted by Crippen LogP contribution is -2.51. The number of hydrogen-bond acceptors (Lipinski definition) is 3. The number of fused-ring (bicyclic) bond motifs is 2. The molecule has 0 aromatic carbocycles. The van der Waals surface area contributed by atoms with Crippen molar-refractivity contribution in [3.63, 3.8) is 0 Å². The first-order valence-electron chi connectivity index (χ1n) is 6.14. The average Bonchev–Trinajstić information content (AvgIpc) is 2.73. The zero-order valence-electron chi connectivity index (χ0n) is 10.1. The molecule has 3 rings (SSSR count). The van der Waals surface area contributed by atoms with Crippen LogP contribution in [-0.4, -0.2) is 51.6 Å². The predicted octanol–water partition coefficient (Wildman–Crippen LogP) is 0.698. The molecule has 4 heteroatoms. The Morgan fingerprint density at radius 3 is 2.50 bits per heavy atom. The molecule has 2 aliphatic rings. The summed E-state index contributed by atoms with van der Waals surface area (Å²) in [4.78, 5) is 9.56. The summed E-state index contributed by atoms with van der Waals surface area (Å²) in [7, 11) is 4.32. The van der Waals surface area contributed by atoms with E-state index in [4.69, 9.17) is 0 Å². The number of likely N-dealkylation sites (tertiary alicyclic amines) is 1. The van der Waals surface area contributed by atoms with Crippen molar-refractivity contribution in [3.05, 3.63) is 18.2 Å². The normalized spacial score (nSPS) is 31.1. The minimum Gasteiger partial charge on any atom is -0.337 e. The molecule has 0 saturated carbocycles. The van der Waals surface area contributed by atoms with Gasteiger partial charge in [-0.3, -0.25) is 4.90 Å². The van der Waals surface area contributed by atoms with Gasteiger partial charge in [0.15, 0.2) is 0 Å². The molecule has 2 unspecified atom stereocenters. The fraction of sp³-hybridized carbons (Fsp3) is 0.750. The van der Waals surface area contributed by atoms with Crippen molar-refractivity contribution >= 4 is 0 Å². The molecule has 2 bridgehead atoms. The highest BCUT2D eigenvalue weighted by Gasteiger charge is 2.38. The molecule has 0 amide bonds. The quantitative estimate of drug-likeness (QED) is 0.733. The standard InChI is InChI=1S/C12H20N4/c1-14-7-10-3-4-11(8-14)16(10)9-12-13-5-6-15(12)2/h5-6,10-11H,3-4,7-9H2,1-2H3. The van der Waals surface area contributed by atoms with Gasteiger partial charge >= 0.3 is 0 Å². The monoisotopic (exact) mass is 220 g/mol. The van der Waals surface area contributed by atoms with E-state index in [-0.39, 0.29) is 0 Å². The molecule has 2 saturated heterocycles. The predicted molar refractivity (Wildman–Crippen MR) is 63.1 cm³/mol. The molecule has 16 heavy (non-hydrogen) atoms. The largest absolute Gasteiger partial charge is 0.337 e. The van der Waals surface area contributed by atoms with Gasteiger partial charge in [0, 0.05) is 44.6 Å². The zero-order chi connectivity index (χ0) is 11.1. The summed E-state index contributed by atoms with van der Waals surface area (Å²) >= 11 is 0. The minimum absolute atomic E-state index is 0.750. The number of aryl methyl sites for hydroxylation is 1. The van der Waals surface area contributed by atoms with E-state index in [1.807, 2.05) is 12.4 Å². The molecule has 0 aliphatic carbocycles. The lowest BCUT2D eigenvalue weighted by molar-refractivity contribution is 0.0730. The molecule has 2 atom stereocenters. The highest BCUT2D eigenvalue weighted by atomic mass is 15.3. The molecule has 2 aliphatic heterocycles. The minimum atomic E-state index is 0.750. The van der Waals surface area contributed by atoms with Crippen molar-refractivity contribution in [1.29, 1.82) is 0 Å². The summed E-state index contributed by atoms with van der Waals surface area (Å²) in [6.07, 6.45) is 6.65. The molecule has 0 N–H and O–H groups in total. The highest BCUT2D eigenvalue weighted by molar-refractivity contribution is 4.99. The number of rotatable bonds is 2. The van der Waals surface area contributed by atoms with Gasteiger partial charge in [0.05, 0.1) is 6.54 Å². The van der Waals surface area contributed by atoms with Crippen LogP contribution in [0.3, 0.4) is 0 Å². The van der Waals surface area contributed by atoms with E-state index in [1.54, 1.807) is 0 Å². The van der Waals surface area contributed by atoms with Crippen molar-refractivity contribution in [2.75, 3.05) is 20.1 Å². The molecule has 1 aromatic heterocycles. The van der Waals surface area contributed by atoms with E-state index in [2.05, 4.69) is 33.4 Å². The van der Waals surface area contributed by atoms with Gasteiger partial charge in [0.25, 0.3) is 0 Å². The molecule has 1 aromatic rings. The summed E-state index contributed by atoms with van der Waals surface area (Å²) < 4.78 is 2.14. The van der Waals surface area contributed by atoms with Crippen LogP contribution in [0.15, 0.2) is 12.4 Å². The Balaban J connectivity index is 1.75. The van der Waals surface area contributed by atoms with Crippen molar-refractivity contribution in [2.45, 2.75) is 31.5 Å². The molecular weight excluding hydrogens is 200 g/mol. The Kier molecular flexibility index (Phi) is 2.48. The number of piperazine rings is 1. The molecular formula is C12H20N4. The van der Waals surface area contributed by atoms with Gasteiger partial charge in [-0.2, -0.15) is 0 Å². The van der Waals surface area contributed by atoms with Crippen LogP contribution in [0.2, 0.25) is 0 Å². The molecule has 0 spiro atoms. The van der Waals surface area contributed by atoms with E-state index in [9.17, 15) is 0 Å². The number of aromatic nitrogens is 2. The first-order chi connectivity index (χ1) is 7.74. The Hall–Kier alpha value is -0.870. The Morgan fingerprint density at radius 2 is 1.94 bits per heavy atom. The van der Waals surface area contributed by atoms with Gasteiger partial charge in [-0.05, 0) is 19.9 Å². The molecule has 4 nitrogen and oxygen atoms in total. The van der Waals surface area contributed by atoms with Crippen LogP contribution in [-0.2, 0) is 13.6 Å². The summed E-state index contributed by atoms with van der Waals surface area (Å²) in [6, 6.07) is 1.50. The first kappa shape index (κ1) is 10.3. The second-order valence-electron chi connectivity index (χ2n) is 5.23. The van der Waals surface area contributed by atoms with Gasteiger partial charge < -0.3 is 9.47 Å². The van der Waals surface area contributed by atoms with Crippen molar-refractivity contribution < 1.29 is 0 Å². The molecule has 0 radical (unpaired) electrons. The highest BCUT2D eigenvalue weighted by Crippen LogP contribution is 2.30. The molecule has 88 valence electrons. The summed E-state index contributed by atoms with van der Waals surface area (Å²) in [5.41, 5.74) is 0. The van der Waals surface area contributed by atoms with Crippen LogP contribution < -0.4 is 0 Å². The van der Waals surface area contributed by atoms with Gasteiger partial charge in [0.1, 0.15) is 5.82 Å². The second kappa shape index (κ2) is 3.86. The summed E-state index contributed by atoms with van der Waals surface area (Å²) in [5, 5.41) is 0. The lowest BCUT2D eigenvalue weighted by Gasteiger charge is -2.39.